The Hall–Kier alpha value is -2.90. The van der Waals surface area contributed by atoms with Gasteiger partial charge in [-0.2, -0.15) is 0 Å². The number of para-hydroxylation sites is 1. The van der Waals surface area contributed by atoms with Crippen molar-refractivity contribution in [2.75, 3.05) is 61.6 Å². The molecule has 0 saturated carbocycles. The van der Waals surface area contributed by atoms with Crippen LogP contribution in [0, 0.1) is 0 Å². The van der Waals surface area contributed by atoms with Crippen LogP contribution in [0.3, 0.4) is 0 Å². The van der Waals surface area contributed by atoms with Gasteiger partial charge >= 0.3 is 0 Å². The Morgan fingerprint density at radius 2 is 1.77 bits per heavy atom. The number of hydrogen-bond acceptors (Lipinski definition) is 5. The zero-order valence-corrected chi connectivity index (χ0v) is 18.2. The summed E-state index contributed by atoms with van der Waals surface area (Å²) in [5, 5.41) is 2.93. The van der Waals surface area contributed by atoms with Crippen LogP contribution in [0.15, 0.2) is 48.5 Å². The molecule has 1 fully saturated rings. The highest BCUT2D eigenvalue weighted by molar-refractivity contribution is 5.99. The molecule has 164 valence electrons. The molecule has 2 aliphatic heterocycles. The average Bonchev–Trinajstić information content (AvgIpc) is 3.23. The summed E-state index contributed by atoms with van der Waals surface area (Å²) < 4.78 is 5.39. The van der Waals surface area contributed by atoms with Crippen molar-refractivity contribution < 1.29 is 14.3 Å². The number of ether oxygens (including phenoxy) is 1. The molecule has 2 heterocycles. The third-order valence-corrected chi connectivity index (χ3v) is 6.09. The second-order valence-corrected chi connectivity index (χ2v) is 8.15. The molecule has 0 aliphatic carbocycles. The number of likely N-dealkylation sites (N-methyl/N-ethyl adjacent to an activating group) is 1. The van der Waals surface area contributed by atoms with Gasteiger partial charge in [-0.3, -0.25) is 14.5 Å². The molecule has 1 N–H and O–H groups in total. The highest BCUT2D eigenvalue weighted by atomic mass is 16.5. The molecule has 7 nitrogen and oxygen atoms in total. The Balaban J connectivity index is 1.30. The van der Waals surface area contributed by atoms with Crippen LogP contribution < -0.4 is 15.1 Å². The summed E-state index contributed by atoms with van der Waals surface area (Å²) >= 11 is 0. The van der Waals surface area contributed by atoms with Crippen molar-refractivity contribution >= 4 is 28.9 Å². The smallest absolute Gasteiger partial charge is 0.244 e. The van der Waals surface area contributed by atoms with Crippen LogP contribution in [-0.4, -0.2) is 69.2 Å². The number of carbonyl (C=O) groups is 2. The van der Waals surface area contributed by atoms with Crippen LogP contribution >= 0.6 is 0 Å². The summed E-state index contributed by atoms with van der Waals surface area (Å²) in [7, 11) is 1.81. The molecule has 4 rings (SSSR count). The zero-order valence-electron chi connectivity index (χ0n) is 18.2. The van der Waals surface area contributed by atoms with Gasteiger partial charge in [0.05, 0.1) is 25.8 Å². The summed E-state index contributed by atoms with van der Waals surface area (Å²) in [6.45, 7) is 5.93. The summed E-state index contributed by atoms with van der Waals surface area (Å²) in [6.07, 6.45) is 0.874. The highest BCUT2D eigenvalue weighted by Crippen LogP contribution is 2.28. The molecule has 0 spiro atoms. The van der Waals surface area contributed by atoms with Gasteiger partial charge in [0.15, 0.2) is 0 Å². The van der Waals surface area contributed by atoms with Crippen molar-refractivity contribution in [2.45, 2.75) is 19.4 Å². The maximum atomic E-state index is 13.0. The predicted molar refractivity (Wildman–Crippen MR) is 123 cm³/mol. The predicted octanol–water partition coefficient (Wildman–Crippen LogP) is 2.37. The molecule has 31 heavy (non-hydrogen) atoms. The zero-order chi connectivity index (χ0) is 21.8. The lowest BCUT2D eigenvalue weighted by atomic mass is 10.2. The average molecular weight is 423 g/mol. The van der Waals surface area contributed by atoms with Gasteiger partial charge in [0.1, 0.15) is 0 Å². The molecule has 1 unspecified atom stereocenters. The number of anilines is 3. The number of morpholine rings is 1. The number of benzene rings is 2. The highest BCUT2D eigenvalue weighted by Gasteiger charge is 2.30. The maximum absolute atomic E-state index is 13.0. The van der Waals surface area contributed by atoms with E-state index in [1.807, 2.05) is 61.3 Å². The number of nitrogens with one attached hydrogen (secondary N) is 1. The van der Waals surface area contributed by atoms with Crippen LogP contribution in [0.25, 0.3) is 0 Å². The second kappa shape index (κ2) is 9.49. The molecule has 1 saturated heterocycles. The third kappa shape index (κ3) is 4.89. The van der Waals surface area contributed by atoms with Crippen LogP contribution in [0.2, 0.25) is 0 Å². The van der Waals surface area contributed by atoms with Crippen LogP contribution in [0.1, 0.15) is 12.5 Å². The van der Waals surface area contributed by atoms with E-state index in [1.165, 1.54) is 5.56 Å². The molecule has 0 bridgehead atoms. The maximum Gasteiger partial charge on any atom is 0.244 e. The minimum atomic E-state index is -0.388. The minimum absolute atomic E-state index is 0.0233. The van der Waals surface area contributed by atoms with Crippen molar-refractivity contribution in [2.24, 2.45) is 0 Å². The van der Waals surface area contributed by atoms with Gasteiger partial charge in [0.25, 0.3) is 0 Å². The van der Waals surface area contributed by atoms with Gasteiger partial charge in [-0.15, -0.1) is 0 Å². The van der Waals surface area contributed by atoms with E-state index in [1.54, 1.807) is 4.90 Å². The van der Waals surface area contributed by atoms with Gasteiger partial charge in [-0.25, -0.2) is 0 Å². The Morgan fingerprint density at radius 1 is 1.06 bits per heavy atom. The van der Waals surface area contributed by atoms with E-state index >= 15 is 0 Å². The Kier molecular flexibility index (Phi) is 6.53. The Bertz CT molecular complexity index is 925. The molecule has 2 aromatic carbocycles. The first kappa shape index (κ1) is 21.3. The number of nitrogens with zero attached hydrogens (tertiary/aromatic N) is 3. The molecular weight excluding hydrogens is 392 g/mol. The normalized spacial score (nSPS) is 16.9. The van der Waals surface area contributed by atoms with Crippen molar-refractivity contribution in [1.82, 2.24) is 4.90 Å². The minimum Gasteiger partial charge on any atom is -0.378 e. The molecular formula is C24H30N4O3. The molecule has 0 radical (unpaired) electrons. The lowest BCUT2D eigenvalue weighted by Gasteiger charge is -2.29. The molecule has 0 aromatic heterocycles. The fraction of sp³-hybridized carbons (Fsp3) is 0.417. The number of fused-ring (bicyclic) bond motifs is 1. The molecule has 1 atom stereocenters. The summed E-state index contributed by atoms with van der Waals surface area (Å²) in [5.74, 6) is -0.113. The van der Waals surface area contributed by atoms with E-state index in [0.717, 1.165) is 49.8 Å². The van der Waals surface area contributed by atoms with E-state index in [0.29, 0.717) is 6.54 Å². The Morgan fingerprint density at radius 3 is 2.52 bits per heavy atom. The van der Waals surface area contributed by atoms with E-state index in [4.69, 9.17) is 4.74 Å². The van der Waals surface area contributed by atoms with E-state index < -0.39 is 0 Å². The molecule has 2 aliphatic rings. The van der Waals surface area contributed by atoms with E-state index in [2.05, 4.69) is 16.3 Å². The number of rotatable bonds is 6. The van der Waals surface area contributed by atoms with Crippen LogP contribution in [0.5, 0.6) is 0 Å². The summed E-state index contributed by atoms with van der Waals surface area (Å²) in [4.78, 5) is 31.5. The third-order valence-electron chi connectivity index (χ3n) is 6.09. The fourth-order valence-corrected chi connectivity index (χ4v) is 4.12. The largest absolute Gasteiger partial charge is 0.378 e. The fourth-order valence-electron chi connectivity index (χ4n) is 4.12. The van der Waals surface area contributed by atoms with E-state index in [-0.39, 0.29) is 24.4 Å². The first-order valence-corrected chi connectivity index (χ1v) is 10.8. The first-order valence-electron chi connectivity index (χ1n) is 10.8. The molecule has 7 heteroatoms. The SMILES string of the molecule is CC(C(=O)N1CCc2ccccc21)N(C)CC(=O)Nc1ccc(N2CCOCC2)cc1. The van der Waals surface area contributed by atoms with Crippen LogP contribution in [0.4, 0.5) is 17.1 Å². The second-order valence-electron chi connectivity index (χ2n) is 8.15. The van der Waals surface area contributed by atoms with Crippen molar-refractivity contribution in [3.8, 4) is 0 Å². The van der Waals surface area contributed by atoms with Gasteiger partial charge < -0.3 is 19.9 Å². The lowest BCUT2D eigenvalue weighted by Crippen LogP contribution is -2.47. The Labute approximate surface area is 183 Å². The summed E-state index contributed by atoms with van der Waals surface area (Å²) in [6, 6.07) is 15.5. The van der Waals surface area contributed by atoms with Crippen molar-refractivity contribution in [3.05, 3.63) is 54.1 Å². The lowest BCUT2D eigenvalue weighted by molar-refractivity contribution is -0.124. The van der Waals surface area contributed by atoms with E-state index in [9.17, 15) is 9.59 Å². The topological polar surface area (TPSA) is 65.1 Å². The molecule has 2 amide bonds. The standard InChI is InChI=1S/C24H30N4O3/c1-18(24(30)28-12-11-19-5-3-4-6-22(19)28)26(2)17-23(29)25-20-7-9-21(10-8-20)27-13-15-31-16-14-27/h3-10,18H,11-17H2,1-2H3,(H,25,29). The summed E-state index contributed by atoms with van der Waals surface area (Å²) in [5.41, 5.74) is 4.06. The monoisotopic (exact) mass is 422 g/mol. The number of hydrogen-bond donors (Lipinski definition) is 1. The number of carbonyl (C=O) groups excluding carboxylic acids is 2. The quantitative estimate of drug-likeness (QED) is 0.774. The van der Waals surface area contributed by atoms with Gasteiger partial charge in [0.2, 0.25) is 11.8 Å². The van der Waals surface area contributed by atoms with Gasteiger partial charge in [-0.05, 0) is 56.3 Å². The number of amides is 2. The van der Waals surface area contributed by atoms with Gasteiger partial charge in [0, 0.05) is 36.7 Å². The first-order chi connectivity index (χ1) is 15.0. The van der Waals surface area contributed by atoms with Crippen molar-refractivity contribution in [3.63, 3.8) is 0 Å². The molecule has 2 aromatic rings. The van der Waals surface area contributed by atoms with Crippen molar-refractivity contribution in [1.29, 1.82) is 0 Å². The van der Waals surface area contributed by atoms with Gasteiger partial charge in [-0.1, -0.05) is 18.2 Å². The van der Waals surface area contributed by atoms with Crippen LogP contribution in [-0.2, 0) is 20.7 Å².